The van der Waals surface area contributed by atoms with Crippen LogP contribution in [-0.2, 0) is 7.05 Å². The van der Waals surface area contributed by atoms with Gasteiger partial charge in [0.1, 0.15) is 5.82 Å². The zero-order chi connectivity index (χ0) is 22.5. The number of halogens is 2. The van der Waals surface area contributed by atoms with Crippen LogP contribution in [0.3, 0.4) is 0 Å². The van der Waals surface area contributed by atoms with E-state index in [2.05, 4.69) is 17.2 Å². The minimum atomic E-state index is -0.426. The van der Waals surface area contributed by atoms with Gasteiger partial charge in [-0.3, -0.25) is 9.36 Å². The highest BCUT2D eigenvalue weighted by molar-refractivity contribution is 6.31. The van der Waals surface area contributed by atoms with Crippen LogP contribution in [0.4, 0.5) is 10.5 Å². The molecule has 0 fully saturated rings. The van der Waals surface area contributed by atoms with Crippen LogP contribution in [0.5, 0.6) is 0 Å². The molecule has 1 unspecified atom stereocenters. The van der Waals surface area contributed by atoms with Crippen LogP contribution < -0.4 is 10.9 Å². The molecule has 1 heterocycles. The van der Waals surface area contributed by atoms with Crippen molar-refractivity contribution in [2.45, 2.75) is 39.2 Å². The molecule has 6 nitrogen and oxygen atoms in total. The lowest BCUT2D eigenvalue weighted by molar-refractivity contribution is 0.187. The second kappa shape index (κ2) is 10.2. The van der Waals surface area contributed by atoms with Crippen LogP contribution in [0.2, 0.25) is 10.0 Å². The van der Waals surface area contributed by atoms with E-state index in [0.717, 1.165) is 19.3 Å². The molecule has 2 amide bonds. The number of amides is 2. The molecule has 0 saturated carbocycles. The highest BCUT2D eigenvalue weighted by Crippen LogP contribution is 2.23. The second-order valence-corrected chi connectivity index (χ2v) is 8.38. The van der Waals surface area contributed by atoms with Crippen LogP contribution in [0.1, 0.15) is 45.0 Å². The number of rotatable bonds is 7. The van der Waals surface area contributed by atoms with Crippen molar-refractivity contribution in [1.82, 2.24) is 14.5 Å². The topological polar surface area (TPSA) is 67.2 Å². The standard InChI is InChI=1S/C23H26Cl2N4O2/c1-4-5-6-13-29(23(31)26-18-10-7-16(24)8-11-18)15(2)21-27-20-14-17(25)9-12-19(20)22(30)28(21)3/h7-12,14-15H,4-6,13H2,1-3H3,(H,26,31). The number of fused-ring (bicyclic) bond motifs is 1. The number of carbonyl (C=O) groups is 1. The molecule has 1 N–H and O–H groups in total. The number of hydrogen-bond donors (Lipinski definition) is 1. The minimum absolute atomic E-state index is 0.171. The average Bonchev–Trinajstić information content (AvgIpc) is 2.74. The third-order valence-electron chi connectivity index (χ3n) is 5.27. The monoisotopic (exact) mass is 460 g/mol. The Labute approximate surface area is 191 Å². The first-order valence-corrected chi connectivity index (χ1v) is 11.1. The summed E-state index contributed by atoms with van der Waals surface area (Å²) >= 11 is 12.1. The fourth-order valence-corrected chi connectivity index (χ4v) is 3.80. The zero-order valence-electron chi connectivity index (χ0n) is 17.9. The third-order valence-corrected chi connectivity index (χ3v) is 5.76. The Balaban J connectivity index is 1.96. The first kappa shape index (κ1) is 23.1. The van der Waals surface area contributed by atoms with Gasteiger partial charge in [-0.1, -0.05) is 43.0 Å². The van der Waals surface area contributed by atoms with Gasteiger partial charge in [0, 0.05) is 29.3 Å². The summed E-state index contributed by atoms with van der Waals surface area (Å²) in [4.78, 5) is 32.5. The number of urea groups is 1. The van der Waals surface area contributed by atoms with Gasteiger partial charge in [-0.15, -0.1) is 0 Å². The fourth-order valence-electron chi connectivity index (χ4n) is 3.51. The number of benzene rings is 2. The van der Waals surface area contributed by atoms with Gasteiger partial charge < -0.3 is 10.2 Å². The van der Waals surface area contributed by atoms with Crippen LogP contribution in [-0.4, -0.2) is 27.0 Å². The maximum Gasteiger partial charge on any atom is 0.322 e. The van der Waals surface area contributed by atoms with Crippen molar-refractivity contribution in [3.05, 3.63) is 68.7 Å². The number of unbranched alkanes of at least 4 members (excludes halogenated alkanes) is 2. The summed E-state index contributed by atoms with van der Waals surface area (Å²) in [6.07, 6.45) is 2.88. The molecule has 31 heavy (non-hydrogen) atoms. The summed E-state index contributed by atoms with van der Waals surface area (Å²) in [7, 11) is 1.68. The molecule has 0 aliphatic heterocycles. The highest BCUT2D eigenvalue weighted by atomic mass is 35.5. The smallest absolute Gasteiger partial charge is 0.315 e. The minimum Gasteiger partial charge on any atom is -0.315 e. The number of anilines is 1. The molecule has 164 valence electrons. The normalized spacial score (nSPS) is 12.0. The Morgan fingerprint density at radius 2 is 1.81 bits per heavy atom. The van der Waals surface area contributed by atoms with E-state index in [9.17, 15) is 9.59 Å². The lowest BCUT2D eigenvalue weighted by Crippen LogP contribution is -2.40. The molecule has 0 aliphatic carbocycles. The molecular weight excluding hydrogens is 435 g/mol. The van der Waals surface area contributed by atoms with E-state index in [1.54, 1.807) is 54.4 Å². The van der Waals surface area contributed by atoms with Gasteiger partial charge in [-0.05, 0) is 55.8 Å². The lowest BCUT2D eigenvalue weighted by atomic mass is 10.2. The number of nitrogens with one attached hydrogen (secondary N) is 1. The predicted octanol–water partition coefficient (Wildman–Crippen LogP) is 6.03. The second-order valence-electron chi connectivity index (χ2n) is 7.51. The molecule has 1 aromatic heterocycles. The van der Waals surface area contributed by atoms with Crippen molar-refractivity contribution in [1.29, 1.82) is 0 Å². The third kappa shape index (κ3) is 5.38. The van der Waals surface area contributed by atoms with Gasteiger partial charge in [0.15, 0.2) is 0 Å². The van der Waals surface area contributed by atoms with Gasteiger partial charge in [0.05, 0.1) is 16.9 Å². The highest BCUT2D eigenvalue weighted by Gasteiger charge is 2.25. The Morgan fingerprint density at radius 1 is 1.13 bits per heavy atom. The van der Waals surface area contributed by atoms with E-state index in [4.69, 9.17) is 23.2 Å². The Hall–Kier alpha value is -2.57. The summed E-state index contributed by atoms with van der Waals surface area (Å²) < 4.78 is 1.50. The summed E-state index contributed by atoms with van der Waals surface area (Å²) in [5, 5.41) is 4.51. The summed E-state index contributed by atoms with van der Waals surface area (Å²) in [6, 6.07) is 11.3. The van der Waals surface area contributed by atoms with E-state index in [-0.39, 0.29) is 11.6 Å². The zero-order valence-corrected chi connectivity index (χ0v) is 19.4. The van der Waals surface area contributed by atoms with Gasteiger partial charge >= 0.3 is 6.03 Å². The largest absolute Gasteiger partial charge is 0.322 e. The molecule has 1 atom stereocenters. The number of hydrogen-bond acceptors (Lipinski definition) is 3. The van der Waals surface area contributed by atoms with Crippen molar-refractivity contribution in [2.75, 3.05) is 11.9 Å². The quantitative estimate of drug-likeness (QED) is 0.437. The molecule has 3 aromatic rings. The van der Waals surface area contributed by atoms with Crippen LogP contribution in [0.25, 0.3) is 10.9 Å². The van der Waals surface area contributed by atoms with Crippen molar-refractivity contribution in [3.63, 3.8) is 0 Å². The Bertz CT molecular complexity index is 1130. The van der Waals surface area contributed by atoms with Crippen molar-refractivity contribution in [3.8, 4) is 0 Å². The van der Waals surface area contributed by atoms with E-state index in [1.807, 2.05) is 6.92 Å². The van der Waals surface area contributed by atoms with Gasteiger partial charge in [0.2, 0.25) is 0 Å². The first-order chi connectivity index (χ1) is 14.8. The van der Waals surface area contributed by atoms with Crippen molar-refractivity contribution < 1.29 is 4.79 Å². The number of aromatic nitrogens is 2. The van der Waals surface area contributed by atoms with E-state index in [0.29, 0.717) is 39.0 Å². The fraction of sp³-hybridized carbons (Fsp3) is 0.348. The van der Waals surface area contributed by atoms with Crippen LogP contribution in [0, 0.1) is 0 Å². The first-order valence-electron chi connectivity index (χ1n) is 10.3. The summed E-state index contributed by atoms with van der Waals surface area (Å²) in [5.74, 6) is 0.502. The van der Waals surface area contributed by atoms with Crippen LogP contribution >= 0.6 is 23.2 Å². The maximum absolute atomic E-state index is 13.2. The molecule has 0 bridgehead atoms. The van der Waals surface area contributed by atoms with Gasteiger partial charge in [0.25, 0.3) is 5.56 Å². The number of nitrogens with zero attached hydrogens (tertiary/aromatic N) is 3. The maximum atomic E-state index is 13.2. The summed E-state index contributed by atoms with van der Waals surface area (Å²) in [6.45, 7) is 4.53. The molecule has 0 aliphatic rings. The molecule has 2 aromatic carbocycles. The van der Waals surface area contributed by atoms with Crippen molar-refractivity contribution in [2.24, 2.45) is 7.05 Å². The summed E-state index contributed by atoms with van der Waals surface area (Å²) in [5.41, 5.74) is 0.994. The van der Waals surface area contributed by atoms with Gasteiger partial charge in [-0.25, -0.2) is 9.78 Å². The van der Waals surface area contributed by atoms with Crippen molar-refractivity contribution >= 4 is 45.8 Å². The predicted molar refractivity (Wildman–Crippen MR) is 127 cm³/mol. The van der Waals surface area contributed by atoms with E-state index >= 15 is 0 Å². The molecule has 8 heteroatoms. The van der Waals surface area contributed by atoms with Gasteiger partial charge in [-0.2, -0.15) is 0 Å². The molecule has 0 saturated heterocycles. The molecular formula is C23H26Cl2N4O2. The molecule has 3 rings (SSSR count). The number of carbonyl (C=O) groups excluding carboxylic acids is 1. The molecule has 0 radical (unpaired) electrons. The Morgan fingerprint density at radius 3 is 2.48 bits per heavy atom. The molecule has 0 spiro atoms. The van der Waals surface area contributed by atoms with E-state index in [1.165, 1.54) is 4.57 Å². The SMILES string of the molecule is CCCCCN(C(=O)Nc1ccc(Cl)cc1)C(C)c1nc2cc(Cl)ccc2c(=O)n1C. The lowest BCUT2D eigenvalue weighted by Gasteiger charge is -2.30. The Kier molecular flexibility index (Phi) is 7.57. The van der Waals surface area contributed by atoms with E-state index < -0.39 is 6.04 Å². The average molecular weight is 461 g/mol. The van der Waals surface area contributed by atoms with Crippen LogP contribution in [0.15, 0.2) is 47.3 Å².